The molecule has 0 aliphatic carbocycles. The smallest absolute Gasteiger partial charge is 0.298 e. The van der Waals surface area contributed by atoms with Gasteiger partial charge < -0.3 is 0 Å². The van der Waals surface area contributed by atoms with Crippen LogP contribution in [0.3, 0.4) is 0 Å². The normalized spacial score (nSPS) is 11.5. The van der Waals surface area contributed by atoms with E-state index in [1.807, 2.05) is 0 Å². The van der Waals surface area contributed by atoms with E-state index in [1.54, 1.807) is 30.3 Å². The van der Waals surface area contributed by atoms with Crippen molar-refractivity contribution in [3.63, 3.8) is 0 Å². The van der Waals surface area contributed by atoms with Gasteiger partial charge in [0.2, 0.25) is 0 Å². The van der Waals surface area contributed by atoms with Crippen molar-refractivity contribution in [1.82, 2.24) is 15.0 Å². The predicted molar refractivity (Wildman–Crippen MR) is 116 cm³/mol. The first-order valence-electron chi connectivity index (χ1n) is 9.97. The summed E-state index contributed by atoms with van der Waals surface area (Å²) < 4.78 is 41.6. The van der Waals surface area contributed by atoms with Gasteiger partial charge in [-0.15, -0.1) is 0 Å². The molecule has 0 radical (unpaired) electrons. The molecule has 0 unspecified atom stereocenters. The topological polar surface area (TPSA) is 84.2 Å². The first kappa shape index (κ1) is 22.2. The molecule has 1 heterocycles. The molecule has 33 heavy (non-hydrogen) atoms. The Hall–Kier alpha value is -3.98. The molecule has 0 atom stereocenters. The van der Waals surface area contributed by atoms with Crippen LogP contribution in [0.2, 0.25) is 0 Å². The molecule has 6 nitrogen and oxygen atoms in total. The van der Waals surface area contributed by atoms with Crippen molar-refractivity contribution >= 4 is 16.8 Å². The zero-order chi connectivity index (χ0) is 23.6. The zero-order valence-electron chi connectivity index (χ0n) is 17.1. The minimum absolute atomic E-state index is 0.0890. The fraction of sp³-hybridized carbons (Fsp3) is 0.125. The average molecular weight is 453 g/mol. The van der Waals surface area contributed by atoms with Crippen LogP contribution in [0.15, 0.2) is 77.9 Å². The molecule has 1 aromatic heterocycles. The van der Waals surface area contributed by atoms with Crippen LogP contribution < -0.4 is 11.0 Å². The van der Waals surface area contributed by atoms with Gasteiger partial charge in [-0.3, -0.25) is 19.4 Å². The quantitative estimate of drug-likeness (QED) is 0.346. The number of nitrogens with one attached hydrogen (secondary N) is 1. The van der Waals surface area contributed by atoms with E-state index in [-0.39, 0.29) is 28.6 Å². The van der Waals surface area contributed by atoms with Crippen LogP contribution in [0.5, 0.6) is 0 Å². The molecule has 2 N–H and O–H groups in total. The number of carbonyl (C=O) groups excluding carboxylic acids is 1. The first-order valence-corrected chi connectivity index (χ1v) is 9.97. The third-order valence-electron chi connectivity index (χ3n) is 5.30. The fourth-order valence-electron chi connectivity index (χ4n) is 3.65. The number of alkyl halides is 3. The number of carbonyl (C=O) groups is 1. The van der Waals surface area contributed by atoms with Gasteiger partial charge >= 0.3 is 6.18 Å². The molecule has 0 spiro atoms. The second kappa shape index (κ2) is 8.87. The van der Waals surface area contributed by atoms with Crippen LogP contribution in [0.25, 0.3) is 22.0 Å². The Balaban J connectivity index is 1.62. The standard InChI is InChI=1S/C24H18F3N3O3/c25-24(26,27)20-7-2-1-6-18(20)16-5-3-4-15(12-16)10-11-30-14-28-21-9-8-17(22(31)29-33)13-19(21)23(30)32/h1-9,12-14,33H,10-11H2,(H,29,31). The van der Waals surface area contributed by atoms with Gasteiger partial charge in [-0.25, -0.2) is 10.5 Å². The van der Waals surface area contributed by atoms with Gasteiger partial charge in [0.15, 0.2) is 0 Å². The SMILES string of the molecule is O=C(NO)c1ccc2ncn(CCc3cccc(-c4ccccc4C(F)(F)F)c3)c(=O)c2c1. The highest BCUT2D eigenvalue weighted by Crippen LogP contribution is 2.37. The Kier molecular flexibility index (Phi) is 5.97. The number of halogens is 3. The van der Waals surface area contributed by atoms with Crippen molar-refractivity contribution in [3.8, 4) is 11.1 Å². The lowest BCUT2D eigenvalue weighted by Crippen LogP contribution is -2.23. The summed E-state index contributed by atoms with van der Waals surface area (Å²) in [7, 11) is 0. The summed E-state index contributed by atoms with van der Waals surface area (Å²) in [5, 5.41) is 9.01. The van der Waals surface area contributed by atoms with Crippen molar-refractivity contribution in [3.05, 3.63) is 100 Å². The summed E-state index contributed by atoms with van der Waals surface area (Å²) in [5.74, 6) is -0.748. The van der Waals surface area contributed by atoms with Crippen molar-refractivity contribution in [2.45, 2.75) is 19.1 Å². The largest absolute Gasteiger partial charge is 0.417 e. The zero-order valence-corrected chi connectivity index (χ0v) is 17.1. The lowest BCUT2D eigenvalue weighted by atomic mass is 9.97. The van der Waals surface area contributed by atoms with Gasteiger partial charge in [-0.1, -0.05) is 42.5 Å². The first-order chi connectivity index (χ1) is 15.8. The van der Waals surface area contributed by atoms with Crippen molar-refractivity contribution in [1.29, 1.82) is 0 Å². The molecule has 168 valence electrons. The number of nitrogens with zero attached hydrogens (tertiary/aromatic N) is 2. The Bertz CT molecular complexity index is 1400. The second-order valence-corrected chi connectivity index (χ2v) is 7.41. The van der Waals surface area contributed by atoms with E-state index < -0.39 is 17.6 Å². The highest BCUT2D eigenvalue weighted by atomic mass is 19.4. The molecule has 3 aromatic carbocycles. The molecule has 9 heteroatoms. The monoisotopic (exact) mass is 453 g/mol. The molecular weight excluding hydrogens is 435 g/mol. The summed E-state index contributed by atoms with van der Waals surface area (Å²) in [6.45, 7) is 0.239. The minimum atomic E-state index is -4.47. The van der Waals surface area contributed by atoms with Crippen LogP contribution in [-0.4, -0.2) is 20.7 Å². The van der Waals surface area contributed by atoms with Gasteiger partial charge in [0, 0.05) is 12.1 Å². The summed E-state index contributed by atoms with van der Waals surface area (Å²) in [5.41, 5.74) is 2.23. The third-order valence-corrected chi connectivity index (χ3v) is 5.30. The number of benzene rings is 3. The van der Waals surface area contributed by atoms with Gasteiger partial charge in [-0.2, -0.15) is 13.2 Å². The van der Waals surface area contributed by atoms with Gasteiger partial charge in [-0.05, 0) is 47.4 Å². The maximum atomic E-state index is 13.4. The maximum absolute atomic E-state index is 13.4. The van der Waals surface area contributed by atoms with Gasteiger partial charge in [0.1, 0.15) is 0 Å². The highest BCUT2D eigenvalue weighted by Gasteiger charge is 2.33. The fourth-order valence-corrected chi connectivity index (χ4v) is 3.65. The summed E-state index contributed by atoms with van der Waals surface area (Å²) >= 11 is 0. The van der Waals surface area contributed by atoms with Crippen LogP contribution >= 0.6 is 0 Å². The number of aromatic nitrogens is 2. The number of hydroxylamine groups is 1. The predicted octanol–water partition coefficient (Wildman–Crippen LogP) is 4.44. The van der Waals surface area contributed by atoms with E-state index in [0.717, 1.165) is 11.6 Å². The lowest BCUT2D eigenvalue weighted by molar-refractivity contribution is -0.137. The maximum Gasteiger partial charge on any atom is 0.417 e. The molecule has 0 bridgehead atoms. The van der Waals surface area contributed by atoms with Gasteiger partial charge in [0.05, 0.1) is 22.8 Å². The molecule has 0 aliphatic rings. The number of rotatable bonds is 5. The molecule has 1 amide bonds. The van der Waals surface area contributed by atoms with Gasteiger partial charge in [0.25, 0.3) is 11.5 Å². The van der Waals surface area contributed by atoms with Crippen molar-refractivity contribution in [2.24, 2.45) is 0 Å². The van der Waals surface area contributed by atoms with Crippen LogP contribution in [-0.2, 0) is 19.1 Å². The van der Waals surface area contributed by atoms with Crippen LogP contribution in [0.1, 0.15) is 21.5 Å². The molecule has 4 rings (SSSR count). The minimum Gasteiger partial charge on any atom is -0.298 e. The molecule has 0 saturated carbocycles. The summed E-state index contributed by atoms with van der Waals surface area (Å²) in [6, 6.07) is 16.4. The van der Waals surface area contributed by atoms with E-state index in [0.29, 0.717) is 17.5 Å². The number of amides is 1. The Morgan fingerprint density at radius 1 is 1.03 bits per heavy atom. The second-order valence-electron chi connectivity index (χ2n) is 7.41. The lowest BCUT2D eigenvalue weighted by Gasteiger charge is -2.14. The summed E-state index contributed by atoms with van der Waals surface area (Å²) in [4.78, 5) is 28.7. The number of hydrogen-bond donors (Lipinski definition) is 2. The molecule has 4 aromatic rings. The molecule has 0 saturated heterocycles. The number of aryl methyl sites for hydroxylation is 2. The van der Waals surface area contributed by atoms with E-state index in [9.17, 15) is 22.8 Å². The third kappa shape index (κ3) is 4.63. The Morgan fingerprint density at radius 2 is 1.82 bits per heavy atom. The number of fused-ring (bicyclic) bond motifs is 1. The van der Waals surface area contributed by atoms with Crippen LogP contribution in [0.4, 0.5) is 13.2 Å². The van der Waals surface area contributed by atoms with Crippen molar-refractivity contribution < 1.29 is 23.2 Å². The number of hydrogen-bond acceptors (Lipinski definition) is 4. The molecule has 0 aliphatic heterocycles. The van der Waals surface area contributed by atoms with Crippen LogP contribution in [0, 0.1) is 0 Å². The van der Waals surface area contributed by atoms with E-state index >= 15 is 0 Å². The average Bonchev–Trinajstić information content (AvgIpc) is 2.82. The summed E-state index contributed by atoms with van der Waals surface area (Å²) in [6.07, 6.45) is -2.70. The van der Waals surface area contributed by atoms with E-state index in [4.69, 9.17) is 5.21 Å². The van der Waals surface area contributed by atoms with Crippen molar-refractivity contribution in [2.75, 3.05) is 0 Å². The Labute approximate surface area is 185 Å². The highest BCUT2D eigenvalue weighted by molar-refractivity contribution is 5.97. The molecular formula is C24H18F3N3O3. The van der Waals surface area contributed by atoms with E-state index in [2.05, 4.69) is 4.98 Å². The molecule has 0 fully saturated rings. The Morgan fingerprint density at radius 3 is 2.58 bits per heavy atom. The van der Waals surface area contributed by atoms with E-state index in [1.165, 1.54) is 46.7 Å².